The summed E-state index contributed by atoms with van der Waals surface area (Å²) in [5.41, 5.74) is 34.6. The largest absolute Gasteiger partial charge is 0.508 e. The highest BCUT2D eigenvalue weighted by molar-refractivity contribution is 5.83. The fraction of sp³-hybridized carbons (Fsp3) is 0.0526. The zero-order valence-corrected chi connectivity index (χ0v) is 80.6. The lowest BCUT2D eigenvalue weighted by Gasteiger charge is -2.09. The van der Waals surface area contributed by atoms with E-state index in [0.717, 1.165) is 144 Å². The maximum Gasteiger partial charge on any atom is 0.244 e. The first-order valence-corrected chi connectivity index (χ1v) is 46.7. The summed E-state index contributed by atoms with van der Waals surface area (Å²) in [6, 6.07) is 85.3. The van der Waals surface area contributed by atoms with Crippen molar-refractivity contribution in [1.82, 2.24) is 79.7 Å². The highest BCUT2D eigenvalue weighted by atomic mass is 19.1. The van der Waals surface area contributed by atoms with Crippen molar-refractivity contribution < 1.29 is 38.0 Å². The van der Waals surface area contributed by atoms with Crippen molar-refractivity contribution in [2.45, 2.75) is 40.5 Å². The molecule has 0 saturated heterocycles. The van der Waals surface area contributed by atoms with E-state index in [2.05, 4.69) is 143 Å². The molecule has 12 N–H and O–H groups in total. The summed E-state index contributed by atoms with van der Waals surface area (Å²) in [6.45, 7) is 7.63. The van der Waals surface area contributed by atoms with Crippen LogP contribution in [0.3, 0.4) is 0 Å². The second-order valence-electron chi connectivity index (χ2n) is 33.1. The number of hydrazone groups is 4. The molecule has 150 heavy (non-hydrogen) atoms. The number of pyridine rings is 8. The Balaban J connectivity index is 0.000000136. The third kappa shape index (κ3) is 28.0. The Labute approximate surface area is 857 Å². The van der Waals surface area contributed by atoms with Gasteiger partial charge in [-0.25, -0.2) is 79.1 Å². The van der Waals surface area contributed by atoms with E-state index >= 15 is 0 Å². The van der Waals surface area contributed by atoms with Crippen LogP contribution in [0.5, 0.6) is 23.0 Å². The lowest BCUT2D eigenvalue weighted by Crippen LogP contribution is -2.02. The standard InChI is InChI=1S/2C29H24FN7O.2C28H22FN7O/c1-2-22-14-21(12-13-31-22)28-27(30)18-33-29(36-28)37-34-17-24-10-11-25(16-32-24)35-23-8-6-19(7-9-23)20-4-3-5-26(38)15-20;1-2-19-15-31-13-12-26(19)28-27(30)18-33-29(36-28)37-34-17-23-10-11-24(16-32-23)35-22-8-6-20(7-9-22)21-4-3-5-25(38)14-21;1-18-14-30-12-11-25(18)27-26(29)17-32-28(35-27)36-33-16-22-9-10-23(15-31-22)34-21-7-5-19(6-8-21)20-3-2-4-24(37)13-20;1-18-13-21(11-12-30-18)27-26(29)17-32-28(35-27)36-33-16-23-9-10-24(15-31-23)34-22-7-5-19(6-8-22)20-3-2-4-25(37)14-20/h2*3-18,35,38H,2H2,1H3,(H,33,36,37);2*2-17,34,37H,1H3,(H,32,35,36)/b2*34-17+;;33-16+. The second-order valence-corrected chi connectivity index (χ2v) is 33.1. The number of aromatic hydroxyl groups is 4. The number of hydrogen-bond donors (Lipinski definition) is 12. The van der Waals surface area contributed by atoms with Gasteiger partial charge in [-0.05, 0) is 264 Å². The fourth-order valence-corrected chi connectivity index (χ4v) is 14.9. The number of hydrogen-bond acceptors (Lipinski definition) is 32. The molecular weight excluding hydrogens is 1900 g/mol. The van der Waals surface area contributed by atoms with Crippen LogP contribution in [0.1, 0.15) is 59.1 Å². The zero-order valence-electron chi connectivity index (χ0n) is 80.6. The van der Waals surface area contributed by atoms with E-state index in [0.29, 0.717) is 51.5 Å². The molecule has 740 valence electrons. The Morgan fingerprint density at radius 1 is 0.260 bits per heavy atom. The van der Waals surface area contributed by atoms with Crippen molar-refractivity contribution in [1.29, 1.82) is 0 Å². The van der Waals surface area contributed by atoms with Gasteiger partial charge in [0.1, 0.15) is 45.8 Å². The van der Waals surface area contributed by atoms with Gasteiger partial charge in [0.2, 0.25) is 23.8 Å². The number of benzene rings is 8. The van der Waals surface area contributed by atoms with Crippen molar-refractivity contribution >= 4 is 94.2 Å². The van der Waals surface area contributed by atoms with Crippen LogP contribution in [-0.2, 0) is 12.8 Å². The zero-order chi connectivity index (χ0) is 104. The second kappa shape index (κ2) is 49.3. The molecule has 0 fully saturated rings. The number of phenolic OH excluding ortho intramolecular Hbond substituents is 4. The molecule has 36 heteroatoms. The highest BCUT2D eigenvalue weighted by Gasteiger charge is 2.19. The molecule has 0 atom stereocenters. The first kappa shape index (κ1) is 101. The number of anilines is 12. The minimum Gasteiger partial charge on any atom is -0.508 e. The molecule has 0 aliphatic carbocycles. The highest BCUT2D eigenvalue weighted by Crippen LogP contribution is 2.35. The Kier molecular flexibility index (Phi) is 33.1. The molecule has 0 aliphatic rings. The summed E-state index contributed by atoms with van der Waals surface area (Å²) in [4.78, 5) is 66.9. The molecule has 0 saturated carbocycles. The van der Waals surface area contributed by atoms with E-state index in [1.165, 1.54) is 24.9 Å². The number of nitrogens with zero attached hydrogens (tertiary/aromatic N) is 20. The molecule has 0 bridgehead atoms. The average molecular weight is 1990 g/mol. The Hall–Kier alpha value is -20.7. The van der Waals surface area contributed by atoms with Gasteiger partial charge in [-0.3, -0.25) is 39.9 Å². The normalized spacial score (nSPS) is 11.0. The molecule has 32 nitrogen and oxygen atoms in total. The van der Waals surface area contributed by atoms with Crippen LogP contribution < -0.4 is 43.0 Å². The van der Waals surface area contributed by atoms with Crippen LogP contribution in [0, 0.1) is 37.1 Å². The van der Waals surface area contributed by atoms with Crippen molar-refractivity contribution in [2.24, 2.45) is 20.4 Å². The lowest BCUT2D eigenvalue weighted by atomic mass is 10.1. The van der Waals surface area contributed by atoms with Gasteiger partial charge in [-0.15, -0.1) is 0 Å². The Morgan fingerprint density at radius 3 is 0.880 bits per heavy atom. The van der Waals surface area contributed by atoms with Crippen LogP contribution in [0.4, 0.5) is 86.9 Å². The number of rotatable bonds is 30. The summed E-state index contributed by atoms with van der Waals surface area (Å²) in [7, 11) is 0. The molecule has 12 heterocycles. The van der Waals surface area contributed by atoms with Gasteiger partial charge in [0, 0.05) is 93.6 Å². The van der Waals surface area contributed by atoms with Gasteiger partial charge >= 0.3 is 0 Å². The van der Waals surface area contributed by atoms with Gasteiger partial charge in [0.25, 0.3) is 0 Å². The summed E-state index contributed by atoms with van der Waals surface area (Å²) in [5, 5.41) is 68.5. The molecule has 12 aromatic heterocycles. The number of halogens is 4. The maximum atomic E-state index is 14.4. The SMILES string of the molecule is CCc1cc(-c2nc(N/N=C/c3ccc(Nc4ccc(-c5cccc(O)c5)cc4)cn3)ncc2F)ccn1.CCc1cnccc1-c1nc(N/N=C/c2ccc(Nc3ccc(-c4cccc(O)c4)cc3)cn2)ncc1F.Cc1cc(-c2nc(N/N=C/c3ccc(Nc4ccc(-c5cccc(O)c5)cc4)cn3)ncc2F)ccn1.Cc1cnccc1-c1nc(NN=Cc2ccc(Nc3ccc(-c4cccc(O)c4)cc3)cn2)ncc1F. The van der Waals surface area contributed by atoms with E-state index in [4.69, 9.17) is 0 Å². The lowest BCUT2D eigenvalue weighted by molar-refractivity contribution is 0.475. The van der Waals surface area contributed by atoms with E-state index in [1.807, 2.05) is 222 Å². The van der Waals surface area contributed by atoms with Crippen LogP contribution >= 0.6 is 0 Å². The van der Waals surface area contributed by atoms with Crippen molar-refractivity contribution in [3.63, 3.8) is 0 Å². The van der Waals surface area contributed by atoms with Crippen molar-refractivity contribution in [2.75, 3.05) is 43.0 Å². The number of phenols is 4. The van der Waals surface area contributed by atoms with Crippen molar-refractivity contribution in [3.8, 4) is 113 Å². The molecule has 8 aromatic carbocycles. The molecule has 0 aliphatic heterocycles. The minimum atomic E-state index is -0.529. The molecular formula is C114H92F4N28O4. The minimum absolute atomic E-state index is 0.162. The summed E-state index contributed by atoms with van der Waals surface area (Å²) >= 11 is 0. The molecule has 0 unspecified atom stereocenters. The molecule has 20 aromatic rings. The summed E-state index contributed by atoms with van der Waals surface area (Å²) < 4.78 is 57.3. The van der Waals surface area contributed by atoms with Crippen LogP contribution in [0.25, 0.3) is 89.5 Å². The molecule has 0 radical (unpaired) electrons. The topological polar surface area (TPSA) is 433 Å². The molecule has 0 amide bonds. The van der Waals surface area contributed by atoms with Gasteiger partial charge in [-0.1, -0.05) is 111 Å². The monoisotopic (exact) mass is 1990 g/mol. The third-order valence-corrected chi connectivity index (χ3v) is 22.4. The van der Waals surface area contributed by atoms with E-state index in [-0.39, 0.29) is 69.6 Å². The number of aromatic nitrogens is 16. The van der Waals surface area contributed by atoms with Gasteiger partial charge in [-0.2, -0.15) is 20.4 Å². The molecule has 0 spiro atoms. The summed E-state index contributed by atoms with van der Waals surface area (Å²) in [5.74, 6) is -0.485. The molecule has 20 rings (SSSR count). The summed E-state index contributed by atoms with van der Waals surface area (Å²) in [6.07, 6.45) is 28.6. The Morgan fingerprint density at radius 2 is 0.567 bits per heavy atom. The quantitative estimate of drug-likeness (QED) is 0.0113. The number of nitrogens with one attached hydrogen (secondary N) is 8. The smallest absolute Gasteiger partial charge is 0.244 e. The maximum absolute atomic E-state index is 14.4. The average Bonchev–Trinajstić information content (AvgIpc) is 0.820. The van der Waals surface area contributed by atoms with Crippen LogP contribution in [0.15, 0.2) is 386 Å². The van der Waals surface area contributed by atoms with Gasteiger partial charge in [0.15, 0.2) is 23.3 Å². The van der Waals surface area contributed by atoms with E-state index in [9.17, 15) is 38.0 Å². The predicted molar refractivity (Wildman–Crippen MR) is 578 cm³/mol. The predicted octanol–water partition coefficient (Wildman–Crippen LogP) is 24.3. The van der Waals surface area contributed by atoms with Crippen LogP contribution in [0.2, 0.25) is 0 Å². The van der Waals surface area contributed by atoms with E-state index < -0.39 is 23.3 Å². The van der Waals surface area contributed by atoms with Gasteiger partial charge in [0.05, 0.1) is 120 Å². The van der Waals surface area contributed by atoms with Gasteiger partial charge < -0.3 is 41.7 Å². The first-order valence-electron chi connectivity index (χ1n) is 46.7. The third-order valence-electron chi connectivity index (χ3n) is 22.4. The number of aryl methyl sites for hydroxylation is 4. The first-order chi connectivity index (χ1) is 73.2. The van der Waals surface area contributed by atoms with Crippen LogP contribution in [-0.4, -0.2) is 125 Å². The van der Waals surface area contributed by atoms with E-state index in [1.54, 1.807) is 147 Å². The fourth-order valence-electron chi connectivity index (χ4n) is 14.9. The van der Waals surface area contributed by atoms with Crippen molar-refractivity contribution in [3.05, 3.63) is 434 Å². The Bertz CT molecular complexity index is 8160.